The first-order valence-corrected chi connectivity index (χ1v) is 13.2. The number of nitrogens with zero attached hydrogens (tertiary/aromatic N) is 2. The van der Waals surface area contributed by atoms with Crippen LogP contribution in [0.1, 0.15) is 81.4 Å². The number of fused-ring (bicyclic) bond motifs is 1. The van der Waals surface area contributed by atoms with Gasteiger partial charge in [-0.15, -0.1) is 0 Å². The van der Waals surface area contributed by atoms with Crippen molar-refractivity contribution in [2.45, 2.75) is 80.1 Å². The first-order chi connectivity index (χ1) is 17.5. The highest BCUT2D eigenvalue weighted by Crippen LogP contribution is 2.33. The number of piperidine rings is 1. The quantitative estimate of drug-likeness (QED) is 0.526. The van der Waals surface area contributed by atoms with Crippen molar-refractivity contribution in [1.82, 2.24) is 15.1 Å². The largest absolute Gasteiger partial charge is 0.489 e. The molecule has 196 valence electrons. The molecule has 1 fully saturated rings. The van der Waals surface area contributed by atoms with Crippen LogP contribution in [0, 0.1) is 0 Å². The van der Waals surface area contributed by atoms with E-state index in [1.807, 2.05) is 33.8 Å². The Bertz CT molecular complexity index is 1020. The van der Waals surface area contributed by atoms with Crippen LogP contribution in [0.2, 0.25) is 0 Å². The van der Waals surface area contributed by atoms with Gasteiger partial charge in [-0.25, -0.2) is 0 Å². The molecule has 1 unspecified atom stereocenters. The summed E-state index contributed by atoms with van der Waals surface area (Å²) in [5.41, 5.74) is 3.67. The van der Waals surface area contributed by atoms with Crippen molar-refractivity contribution in [3.05, 3.63) is 64.7 Å². The molecule has 7 nitrogen and oxygen atoms in total. The number of nitrogens with one attached hydrogen (secondary N) is 1. The second-order valence-corrected chi connectivity index (χ2v) is 8.25. The van der Waals surface area contributed by atoms with Crippen molar-refractivity contribution < 1.29 is 19.1 Å². The minimum Gasteiger partial charge on any atom is -0.489 e. The van der Waals surface area contributed by atoms with Crippen LogP contribution in [0.15, 0.2) is 42.5 Å². The third-order valence-electron chi connectivity index (χ3n) is 6.26. The predicted molar refractivity (Wildman–Crippen MR) is 143 cm³/mol. The summed E-state index contributed by atoms with van der Waals surface area (Å²) < 4.78 is 6.08. The number of hydrogen-bond acceptors (Lipinski definition) is 5. The van der Waals surface area contributed by atoms with E-state index in [1.165, 1.54) is 5.56 Å². The molecule has 0 aromatic heterocycles. The zero-order valence-electron chi connectivity index (χ0n) is 22.6. The summed E-state index contributed by atoms with van der Waals surface area (Å²) in [7, 11) is 0. The maximum absolute atomic E-state index is 12.9. The molecule has 0 aliphatic carbocycles. The van der Waals surface area contributed by atoms with E-state index in [4.69, 9.17) is 4.74 Å². The van der Waals surface area contributed by atoms with E-state index in [2.05, 4.69) is 48.3 Å². The van der Waals surface area contributed by atoms with Crippen LogP contribution >= 0.6 is 0 Å². The summed E-state index contributed by atoms with van der Waals surface area (Å²) in [6, 6.07) is 13.2. The highest BCUT2D eigenvalue weighted by Gasteiger charge is 2.40. The summed E-state index contributed by atoms with van der Waals surface area (Å²) in [6.07, 6.45) is 0.588. The first kappa shape index (κ1) is 29.0. The Morgan fingerprint density at radius 2 is 1.58 bits per heavy atom. The van der Waals surface area contributed by atoms with Gasteiger partial charge in [0.1, 0.15) is 18.4 Å². The number of rotatable bonds is 8. The van der Waals surface area contributed by atoms with Gasteiger partial charge in [0.2, 0.25) is 11.8 Å². The van der Waals surface area contributed by atoms with E-state index in [1.54, 1.807) is 17.0 Å². The van der Waals surface area contributed by atoms with Gasteiger partial charge in [0.25, 0.3) is 5.91 Å². The fourth-order valence-corrected chi connectivity index (χ4v) is 4.30. The van der Waals surface area contributed by atoms with Gasteiger partial charge in [-0.1, -0.05) is 71.9 Å². The lowest BCUT2D eigenvalue weighted by molar-refractivity contribution is -0.136. The van der Waals surface area contributed by atoms with Gasteiger partial charge in [0.05, 0.1) is 6.54 Å². The minimum absolute atomic E-state index is 0.194. The van der Waals surface area contributed by atoms with E-state index < -0.39 is 11.9 Å². The average molecular weight is 496 g/mol. The number of amides is 3. The number of carbonyl (C=O) groups excluding carboxylic acids is 3. The first-order valence-electron chi connectivity index (χ1n) is 13.2. The second kappa shape index (κ2) is 14.4. The molecule has 2 aliphatic rings. The van der Waals surface area contributed by atoms with E-state index >= 15 is 0 Å². The maximum atomic E-state index is 12.9. The van der Waals surface area contributed by atoms with Gasteiger partial charge in [0.15, 0.2) is 0 Å². The molecule has 1 saturated heterocycles. The van der Waals surface area contributed by atoms with Gasteiger partial charge in [0, 0.05) is 24.1 Å². The molecule has 7 heteroatoms. The Kier molecular flexibility index (Phi) is 11.6. The zero-order chi connectivity index (χ0) is 26.7. The van der Waals surface area contributed by atoms with Crippen LogP contribution < -0.4 is 10.1 Å². The van der Waals surface area contributed by atoms with Crippen LogP contribution in [0.4, 0.5) is 0 Å². The van der Waals surface area contributed by atoms with E-state index in [0.717, 1.165) is 30.8 Å². The summed E-state index contributed by atoms with van der Waals surface area (Å²) >= 11 is 0. The highest BCUT2D eigenvalue weighted by atomic mass is 16.5. The molecule has 36 heavy (non-hydrogen) atoms. The van der Waals surface area contributed by atoms with E-state index in [-0.39, 0.29) is 18.2 Å². The molecule has 0 radical (unpaired) electrons. The Balaban J connectivity index is 0.00000109. The molecular weight excluding hydrogens is 454 g/mol. The molecule has 1 atom stereocenters. The topological polar surface area (TPSA) is 79.0 Å². The summed E-state index contributed by atoms with van der Waals surface area (Å²) in [6.45, 7) is 16.0. The molecule has 2 aromatic rings. The van der Waals surface area contributed by atoms with Gasteiger partial charge >= 0.3 is 0 Å². The SMILES string of the molecule is CC.CC.CCN(CC)Cc1ccc(COc2cccc3c2CN(C2CCC(=O)NC2=O)C3=O)cc1. The zero-order valence-corrected chi connectivity index (χ0v) is 22.6. The molecule has 0 bridgehead atoms. The molecule has 2 aliphatic heterocycles. The fraction of sp³-hybridized carbons (Fsp3) is 0.483. The average Bonchev–Trinajstić information content (AvgIpc) is 3.25. The van der Waals surface area contributed by atoms with Crippen LogP contribution in [0.3, 0.4) is 0 Å². The van der Waals surface area contributed by atoms with Crippen LogP contribution in [-0.4, -0.2) is 46.7 Å². The normalized spacial score (nSPS) is 16.5. The van der Waals surface area contributed by atoms with Gasteiger partial charge in [-0.05, 0) is 42.8 Å². The Morgan fingerprint density at radius 3 is 2.19 bits per heavy atom. The van der Waals surface area contributed by atoms with Gasteiger partial charge in [-0.3, -0.25) is 24.6 Å². The third-order valence-corrected chi connectivity index (χ3v) is 6.26. The van der Waals surface area contributed by atoms with Crippen LogP contribution in [0.5, 0.6) is 5.75 Å². The van der Waals surface area contributed by atoms with E-state index in [9.17, 15) is 14.4 Å². The van der Waals surface area contributed by atoms with Gasteiger partial charge in [-0.2, -0.15) is 0 Å². The lowest BCUT2D eigenvalue weighted by atomic mass is 10.0. The molecule has 4 rings (SSSR count). The van der Waals surface area contributed by atoms with Crippen molar-refractivity contribution in [2.24, 2.45) is 0 Å². The standard InChI is InChI=1S/C25H29N3O4.2C2H6/c1-3-27(4-2)14-17-8-10-18(11-9-17)16-32-22-7-5-6-19-20(22)15-28(25(19)31)21-12-13-23(29)26-24(21)30;2*1-2/h5-11,21H,3-4,12-16H2,1-2H3,(H,26,29,30);2*1-2H3. The van der Waals surface area contributed by atoms with Crippen LogP contribution in [-0.2, 0) is 29.3 Å². The Morgan fingerprint density at radius 1 is 0.944 bits per heavy atom. The summed E-state index contributed by atoms with van der Waals surface area (Å²) in [5, 5.41) is 2.33. The number of benzene rings is 2. The second-order valence-electron chi connectivity index (χ2n) is 8.25. The molecule has 1 N–H and O–H groups in total. The van der Waals surface area contributed by atoms with Crippen molar-refractivity contribution in [3.8, 4) is 5.75 Å². The Hall–Kier alpha value is -3.19. The number of carbonyl (C=O) groups is 3. The molecule has 0 saturated carbocycles. The number of ether oxygens (including phenoxy) is 1. The lowest BCUT2D eigenvalue weighted by Crippen LogP contribution is -2.52. The number of imide groups is 1. The predicted octanol–water partition coefficient (Wildman–Crippen LogP) is 4.92. The highest BCUT2D eigenvalue weighted by molar-refractivity contribution is 6.05. The van der Waals surface area contributed by atoms with Crippen LogP contribution in [0.25, 0.3) is 0 Å². The lowest BCUT2D eigenvalue weighted by Gasteiger charge is -2.29. The molecule has 2 aromatic carbocycles. The maximum Gasteiger partial charge on any atom is 0.255 e. The molecule has 0 spiro atoms. The monoisotopic (exact) mass is 495 g/mol. The number of hydrogen-bond donors (Lipinski definition) is 1. The third kappa shape index (κ3) is 6.94. The molecule has 3 amide bonds. The minimum atomic E-state index is -0.626. The molecule has 2 heterocycles. The van der Waals surface area contributed by atoms with Crippen molar-refractivity contribution >= 4 is 17.7 Å². The summed E-state index contributed by atoms with van der Waals surface area (Å²) in [4.78, 5) is 40.5. The summed E-state index contributed by atoms with van der Waals surface area (Å²) in [5.74, 6) is -0.240. The van der Waals surface area contributed by atoms with Crippen molar-refractivity contribution in [2.75, 3.05) is 13.1 Å². The smallest absolute Gasteiger partial charge is 0.255 e. The van der Waals surface area contributed by atoms with E-state index in [0.29, 0.717) is 30.9 Å². The van der Waals surface area contributed by atoms with Crippen molar-refractivity contribution in [1.29, 1.82) is 0 Å². The Labute approximate surface area is 215 Å². The fourth-order valence-electron chi connectivity index (χ4n) is 4.30. The molecular formula is C29H41N3O4. The van der Waals surface area contributed by atoms with Crippen molar-refractivity contribution in [3.63, 3.8) is 0 Å². The van der Waals surface area contributed by atoms with Gasteiger partial charge < -0.3 is 9.64 Å².